The van der Waals surface area contributed by atoms with Gasteiger partial charge in [-0.15, -0.1) is 0 Å². The van der Waals surface area contributed by atoms with Crippen LogP contribution in [-0.4, -0.2) is 83.5 Å². The van der Waals surface area contributed by atoms with Gasteiger partial charge in [0.2, 0.25) is 0 Å². The lowest BCUT2D eigenvalue weighted by atomic mass is 10.1. The number of hydrogen-bond acceptors (Lipinski definition) is 14. The monoisotopic (exact) mass is 736 g/mol. The summed E-state index contributed by atoms with van der Waals surface area (Å²) in [5, 5.41) is 35.7. The molecule has 16 heteroatoms. The van der Waals surface area contributed by atoms with Gasteiger partial charge in [-0.3, -0.25) is 9.59 Å². The molecule has 0 aliphatic carbocycles. The molecule has 4 atom stereocenters. The van der Waals surface area contributed by atoms with E-state index >= 15 is 0 Å². The van der Waals surface area contributed by atoms with Gasteiger partial charge in [0.15, 0.2) is 12.1 Å². The van der Waals surface area contributed by atoms with E-state index in [1.165, 1.54) is 0 Å². The number of carbonyl (C=O) groups excluding carboxylic acids is 6. The van der Waals surface area contributed by atoms with Crippen molar-refractivity contribution in [2.24, 2.45) is 11.8 Å². The molecule has 0 spiro atoms. The van der Waals surface area contributed by atoms with Crippen LogP contribution in [0.5, 0.6) is 0 Å². The standard InChI is InChI=1S/2C16H23NO4.C4H6O6/c2*1-12(2)15(17)16(19)20-10-6-9-14(18)21-11-13-7-4-3-5-8-13;5-1(3(7)8)2(6)4(9)10/h2*3-5,7-8,12,15H,6,9-11,17H2,1-2H3;1-2,5-6H,(H,7,8)(H,9,10)/t2*15-;1-,2-/m001/s1. The van der Waals surface area contributed by atoms with Crippen molar-refractivity contribution >= 4 is 35.8 Å². The average Bonchev–Trinajstić information content (AvgIpc) is 3.13. The number of benzene rings is 2. The van der Waals surface area contributed by atoms with Crippen LogP contribution in [0, 0.1) is 11.8 Å². The number of aliphatic carboxylic acids is 2. The Morgan fingerprint density at radius 1 is 0.577 bits per heavy atom. The molecule has 0 aliphatic heterocycles. The fourth-order valence-corrected chi connectivity index (χ4v) is 3.42. The molecular weight excluding hydrogens is 684 g/mol. The van der Waals surface area contributed by atoms with E-state index in [-0.39, 0.29) is 87.1 Å². The van der Waals surface area contributed by atoms with E-state index in [1.807, 2.05) is 88.4 Å². The highest BCUT2D eigenvalue weighted by atomic mass is 16.5. The van der Waals surface area contributed by atoms with Gasteiger partial charge in [0.05, 0.1) is 25.2 Å². The summed E-state index contributed by atoms with van der Waals surface area (Å²) in [6.07, 6.45) is -3.48. The Hall–Kier alpha value is -4.90. The third kappa shape index (κ3) is 22.0. The number of carboxylic acid groups (broad SMARTS) is 2. The van der Waals surface area contributed by atoms with E-state index in [1.54, 1.807) is 0 Å². The van der Waals surface area contributed by atoms with Gasteiger partial charge in [-0.1, -0.05) is 88.4 Å². The van der Waals surface area contributed by atoms with Crippen LogP contribution in [0.4, 0.5) is 0 Å². The zero-order valence-corrected chi connectivity index (χ0v) is 30.1. The van der Waals surface area contributed by atoms with E-state index < -0.39 is 24.1 Å². The summed E-state index contributed by atoms with van der Waals surface area (Å²) < 4.78 is 20.4. The third-order valence-corrected chi connectivity index (χ3v) is 7.02. The molecule has 0 amide bonds. The number of carbonyl (C=O) groups is 6. The van der Waals surface area contributed by atoms with Crippen LogP contribution in [0.2, 0.25) is 0 Å². The minimum atomic E-state index is -2.44. The first-order valence-electron chi connectivity index (χ1n) is 16.6. The van der Waals surface area contributed by atoms with Crippen molar-refractivity contribution in [2.45, 2.75) is 90.9 Å². The highest BCUT2D eigenvalue weighted by molar-refractivity contribution is 5.81. The van der Waals surface area contributed by atoms with E-state index in [2.05, 4.69) is 11.5 Å². The Balaban J connectivity index is 0.000000800. The SMILES string of the molecule is CC(C)[C@H]([NH3+])C(=O)OCCCC(=O)OCc1ccccc1.CC(C)[C@H]([NH3+])C(=O)OCCCC(=O)OCc1ccccc1.O=C([O-])[C@H](O)[C@@H](O)C(=O)[O-]. The molecule has 0 radical (unpaired) electrons. The molecule has 0 saturated heterocycles. The first-order chi connectivity index (χ1) is 24.5. The van der Waals surface area contributed by atoms with Crippen LogP contribution in [0.15, 0.2) is 60.7 Å². The molecule has 0 fully saturated rings. The van der Waals surface area contributed by atoms with Crippen LogP contribution in [-0.2, 0) is 60.9 Å². The number of rotatable bonds is 19. The largest absolute Gasteiger partial charge is 0.547 e. The summed E-state index contributed by atoms with van der Waals surface area (Å²) in [4.78, 5) is 65.4. The molecule has 0 bridgehead atoms. The summed E-state index contributed by atoms with van der Waals surface area (Å²) in [7, 11) is 0. The highest BCUT2D eigenvalue weighted by Crippen LogP contribution is 2.06. The summed E-state index contributed by atoms with van der Waals surface area (Å²) in [6, 6.07) is 18.3. The van der Waals surface area contributed by atoms with Crippen molar-refractivity contribution in [3.63, 3.8) is 0 Å². The Bertz CT molecular complexity index is 1250. The Labute approximate surface area is 303 Å². The molecule has 0 aromatic heterocycles. The lowest BCUT2D eigenvalue weighted by molar-refractivity contribution is -0.418. The molecule has 290 valence electrons. The normalized spacial score (nSPS) is 12.7. The van der Waals surface area contributed by atoms with Crippen molar-refractivity contribution in [2.75, 3.05) is 13.2 Å². The lowest BCUT2D eigenvalue weighted by Crippen LogP contribution is -2.67. The van der Waals surface area contributed by atoms with Gasteiger partial charge < -0.3 is 60.4 Å². The van der Waals surface area contributed by atoms with Crippen molar-refractivity contribution in [1.82, 2.24) is 0 Å². The molecular formula is C36H52N2O14. The first kappa shape index (κ1) is 47.1. The van der Waals surface area contributed by atoms with Crippen LogP contribution in [0.25, 0.3) is 0 Å². The average molecular weight is 737 g/mol. The Morgan fingerprint density at radius 2 is 0.885 bits per heavy atom. The zero-order valence-electron chi connectivity index (χ0n) is 30.1. The van der Waals surface area contributed by atoms with Gasteiger partial charge in [-0.2, -0.15) is 0 Å². The molecule has 0 heterocycles. The smallest absolute Gasteiger partial charge is 0.365 e. The fraction of sp³-hybridized carbons (Fsp3) is 0.500. The second kappa shape index (κ2) is 26.8. The summed E-state index contributed by atoms with van der Waals surface area (Å²) >= 11 is 0. The van der Waals surface area contributed by atoms with Gasteiger partial charge in [-0.05, 0) is 24.0 Å². The fourth-order valence-electron chi connectivity index (χ4n) is 3.42. The van der Waals surface area contributed by atoms with Gasteiger partial charge in [0.1, 0.15) is 25.4 Å². The molecule has 8 N–H and O–H groups in total. The topological polar surface area (TPSA) is 281 Å². The summed E-state index contributed by atoms with van der Waals surface area (Å²) in [5.41, 5.74) is 9.40. The number of esters is 4. The van der Waals surface area contributed by atoms with Crippen LogP contribution < -0.4 is 21.7 Å². The van der Waals surface area contributed by atoms with Gasteiger partial charge in [-0.25, -0.2) is 9.59 Å². The lowest BCUT2D eigenvalue weighted by Gasteiger charge is -2.18. The van der Waals surface area contributed by atoms with Gasteiger partial charge >= 0.3 is 23.9 Å². The Morgan fingerprint density at radius 3 is 1.15 bits per heavy atom. The maximum absolute atomic E-state index is 11.5. The van der Waals surface area contributed by atoms with Crippen molar-refractivity contribution in [3.8, 4) is 0 Å². The van der Waals surface area contributed by atoms with Gasteiger partial charge in [0, 0.05) is 24.7 Å². The van der Waals surface area contributed by atoms with E-state index in [4.69, 9.17) is 29.2 Å². The second-order valence-electron chi connectivity index (χ2n) is 12.1. The number of quaternary nitrogens is 2. The summed E-state index contributed by atoms with van der Waals surface area (Å²) in [5.74, 6) is -5.03. The van der Waals surface area contributed by atoms with Gasteiger partial charge in [0.25, 0.3) is 0 Å². The maximum atomic E-state index is 11.5. The molecule has 16 nitrogen and oxygen atoms in total. The number of carboxylic acids is 2. The van der Waals surface area contributed by atoms with E-state index in [0.717, 1.165) is 11.1 Å². The molecule has 2 aromatic carbocycles. The maximum Gasteiger partial charge on any atom is 0.365 e. The minimum absolute atomic E-state index is 0.147. The van der Waals surface area contributed by atoms with Crippen molar-refractivity contribution in [1.29, 1.82) is 0 Å². The van der Waals surface area contributed by atoms with Crippen LogP contribution >= 0.6 is 0 Å². The molecule has 0 unspecified atom stereocenters. The number of ether oxygens (including phenoxy) is 4. The Kier molecular flexibility index (Phi) is 24.3. The molecule has 2 aromatic rings. The summed E-state index contributed by atoms with van der Waals surface area (Å²) in [6.45, 7) is 8.65. The van der Waals surface area contributed by atoms with E-state index in [9.17, 15) is 39.0 Å². The van der Waals surface area contributed by atoms with Crippen molar-refractivity contribution < 1.29 is 79.6 Å². The quantitative estimate of drug-likeness (QED) is 0.0680. The van der Waals surface area contributed by atoms with E-state index in [0.29, 0.717) is 12.8 Å². The molecule has 0 saturated carbocycles. The minimum Gasteiger partial charge on any atom is -0.547 e. The molecule has 52 heavy (non-hydrogen) atoms. The predicted octanol–water partition coefficient (Wildman–Crippen LogP) is -2.15. The van der Waals surface area contributed by atoms with Crippen LogP contribution in [0.3, 0.4) is 0 Å². The number of hydrogen-bond donors (Lipinski definition) is 4. The molecule has 2 rings (SSSR count). The van der Waals surface area contributed by atoms with Crippen molar-refractivity contribution in [3.05, 3.63) is 71.8 Å². The highest BCUT2D eigenvalue weighted by Gasteiger charge is 2.23. The number of aliphatic hydroxyl groups is 2. The van der Waals surface area contributed by atoms with Crippen LogP contribution in [0.1, 0.15) is 64.5 Å². The first-order valence-corrected chi connectivity index (χ1v) is 16.6. The second-order valence-corrected chi connectivity index (χ2v) is 12.1. The molecule has 0 aliphatic rings. The predicted molar refractivity (Wildman–Crippen MR) is 178 cm³/mol. The number of aliphatic hydroxyl groups excluding tert-OH is 2. The zero-order chi connectivity index (χ0) is 39.6. The third-order valence-electron chi connectivity index (χ3n) is 7.02.